The van der Waals surface area contributed by atoms with Gasteiger partial charge in [-0.05, 0) is 37.3 Å². The number of hydrogen-bond acceptors (Lipinski definition) is 4. The van der Waals surface area contributed by atoms with Gasteiger partial charge in [-0.1, -0.05) is 18.2 Å². The second kappa shape index (κ2) is 6.44. The van der Waals surface area contributed by atoms with Crippen molar-refractivity contribution in [3.8, 4) is 5.75 Å². The van der Waals surface area contributed by atoms with Gasteiger partial charge in [0, 0.05) is 16.6 Å². The Labute approximate surface area is 133 Å². The standard InChI is InChI=1S/C18H16FN3O/c1-12-9-18(15-10-14(23-2)7-8-17(15)21-12)22-20-11-13-5-3-4-6-16(13)19/h3-11H,1-2H3,(H,21,22)/b20-11+. The van der Waals surface area contributed by atoms with Crippen molar-refractivity contribution >= 4 is 22.8 Å². The number of rotatable bonds is 4. The highest BCUT2D eigenvalue weighted by Gasteiger charge is 2.05. The molecule has 1 heterocycles. The van der Waals surface area contributed by atoms with E-state index in [1.165, 1.54) is 12.3 Å². The van der Waals surface area contributed by atoms with Crippen LogP contribution in [0.15, 0.2) is 53.6 Å². The fraction of sp³-hybridized carbons (Fsp3) is 0.111. The van der Waals surface area contributed by atoms with Crippen molar-refractivity contribution in [1.29, 1.82) is 0 Å². The van der Waals surface area contributed by atoms with Gasteiger partial charge in [0.05, 0.1) is 24.5 Å². The lowest BCUT2D eigenvalue weighted by Gasteiger charge is -2.08. The predicted octanol–water partition coefficient (Wildman–Crippen LogP) is 4.14. The minimum atomic E-state index is -0.310. The molecule has 1 N–H and O–H groups in total. The number of ether oxygens (including phenoxy) is 1. The molecule has 116 valence electrons. The molecule has 0 bridgehead atoms. The first-order valence-corrected chi connectivity index (χ1v) is 7.16. The number of aromatic nitrogens is 1. The number of fused-ring (bicyclic) bond motifs is 1. The van der Waals surface area contributed by atoms with Crippen LogP contribution in [0.3, 0.4) is 0 Å². The van der Waals surface area contributed by atoms with Gasteiger partial charge in [0.15, 0.2) is 0 Å². The Morgan fingerprint density at radius 3 is 2.78 bits per heavy atom. The zero-order chi connectivity index (χ0) is 16.2. The van der Waals surface area contributed by atoms with Crippen LogP contribution >= 0.6 is 0 Å². The molecular weight excluding hydrogens is 293 g/mol. The highest BCUT2D eigenvalue weighted by Crippen LogP contribution is 2.27. The van der Waals surface area contributed by atoms with Crippen LogP contribution in [-0.4, -0.2) is 18.3 Å². The number of nitrogens with zero attached hydrogens (tertiary/aromatic N) is 2. The van der Waals surface area contributed by atoms with Crippen LogP contribution in [0.4, 0.5) is 10.1 Å². The third-order valence-corrected chi connectivity index (χ3v) is 3.44. The number of pyridine rings is 1. The van der Waals surface area contributed by atoms with Gasteiger partial charge in [-0.25, -0.2) is 4.39 Å². The Kier molecular flexibility index (Phi) is 4.19. The molecule has 0 aliphatic heterocycles. The molecule has 1 aromatic heterocycles. The molecule has 0 aliphatic carbocycles. The average molecular weight is 309 g/mol. The fourth-order valence-corrected chi connectivity index (χ4v) is 2.31. The van der Waals surface area contributed by atoms with E-state index in [1.54, 1.807) is 25.3 Å². The summed E-state index contributed by atoms with van der Waals surface area (Å²) in [7, 11) is 1.62. The maximum absolute atomic E-state index is 13.6. The van der Waals surface area contributed by atoms with E-state index < -0.39 is 0 Å². The Hall–Kier alpha value is -2.95. The van der Waals surface area contributed by atoms with Gasteiger partial charge in [-0.15, -0.1) is 0 Å². The molecule has 0 saturated heterocycles. The molecule has 0 saturated carbocycles. The van der Waals surface area contributed by atoms with E-state index in [1.807, 2.05) is 31.2 Å². The molecule has 0 amide bonds. The van der Waals surface area contributed by atoms with Crippen molar-refractivity contribution in [2.24, 2.45) is 5.10 Å². The minimum Gasteiger partial charge on any atom is -0.497 e. The Bertz CT molecular complexity index is 877. The van der Waals surface area contributed by atoms with Crippen molar-refractivity contribution in [3.63, 3.8) is 0 Å². The molecule has 0 unspecified atom stereocenters. The van der Waals surface area contributed by atoms with E-state index in [0.717, 1.165) is 28.0 Å². The highest BCUT2D eigenvalue weighted by atomic mass is 19.1. The van der Waals surface area contributed by atoms with Crippen LogP contribution in [0.1, 0.15) is 11.3 Å². The van der Waals surface area contributed by atoms with Gasteiger partial charge in [0.25, 0.3) is 0 Å². The summed E-state index contributed by atoms with van der Waals surface area (Å²) in [4.78, 5) is 4.48. The zero-order valence-corrected chi connectivity index (χ0v) is 12.9. The molecule has 0 spiro atoms. The Balaban J connectivity index is 1.94. The van der Waals surface area contributed by atoms with Gasteiger partial charge >= 0.3 is 0 Å². The van der Waals surface area contributed by atoms with E-state index in [4.69, 9.17) is 4.74 Å². The Morgan fingerprint density at radius 1 is 1.17 bits per heavy atom. The SMILES string of the molecule is COc1ccc2nc(C)cc(N/N=C/c3ccccc3F)c2c1. The summed E-state index contributed by atoms with van der Waals surface area (Å²) in [5, 5.41) is 5.03. The molecule has 3 rings (SSSR count). The summed E-state index contributed by atoms with van der Waals surface area (Å²) in [6.07, 6.45) is 1.46. The summed E-state index contributed by atoms with van der Waals surface area (Å²) in [5.41, 5.74) is 5.89. The van der Waals surface area contributed by atoms with E-state index in [9.17, 15) is 4.39 Å². The number of hydrogen-bond donors (Lipinski definition) is 1. The lowest BCUT2D eigenvalue weighted by atomic mass is 10.1. The predicted molar refractivity (Wildman–Crippen MR) is 90.6 cm³/mol. The molecule has 0 radical (unpaired) electrons. The maximum atomic E-state index is 13.6. The summed E-state index contributed by atoms with van der Waals surface area (Å²) < 4.78 is 18.8. The number of benzene rings is 2. The molecule has 0 fully saturated rings. The number of hydrazone groups is 1. The molecule has 2 aromatic carbocycles. The van der Waals surface area contributed by atoms with Gasteiger partial charge in [0.1, 0.15) is 11.6 Å². The lowest BCUT2D eigenvalue weighted by molar-refractivity contribution is 0.415. The van der Waals surface area contributed by atoms with Crippen molar-refractivity contribution in [3.05, 3.63) is 65.6 Å². The van der Waals surface area contributed by atoms with Gasteiger partial charge in [0.2, 0.25) is 0 Å². The van der Waals surface area contributed by atoms with E-state index >= 15 is 0 Å². The third-order valence-electron chi connectivity index (χ3n) is 3.44. The summed E-state index contributed by atoms with van der Waals surface area (Å²) in [6.45, 7) is 1.91. The topological polar surface area (TPSA) is 46.5 Å². The quantitative estimate of drug-likeness (QED) is 0.582. The van der Waals surface area contributed by atoms with E-state index in [-0.39, 0.29) is 5.82 Å². The first-order valence-electron chi connectivity index (χ1n) is 7.16. The maximum Gasteiger partial charge on any atom is 0.132 e. The second-order valence-corrected chi connectivity index (χ2v) is 5.09. The van der Waals surface area contributed by atoms with Crippen LogP contribution in [-0.2, 0) is 0 Å². The van der Waals surface area contributed by atoms with Gasteiger partial charge in [-0.2, -0.15) is 5.10 Å². The average Bonchev–Trinajstić information content (AvgIpc) is 2.56. The monoisotopic (exact) mass is 309 g/mol. The highest BCUT2D eigenvalue weighted by molar-refractivity contribution is 5.93. The van der Waals surface area contributed by atoms with Gasteiger partial charge < -0.3 is 4.74 Å². The molecule has 0 atom stereocenters. The second-order valence-electron chi connectivity index (χ2n) is 5.09. The molecular formula is C18H16FN3O. The van der Waals surface area contributed by atoms with Crippen molar-refractivity contribution in [1.82, 2.24) is 4.98 Å². The first kappa shape index (κ1) is 15.0. The normalized spacial score (nSPS) is 11.1. The molecule has 0 aliphatic rings. The fourth-order valence-electron chi connectivity index (χ4n) is 2.31. The van der Waals surface area contributed by atoms with Crippen LogP contribution in [0.2, 0.25) is 0 Å². The minimum absolute atomic E-state index is 0.310. The largest absolute Gasteiger partial charge is 0.497 e. The van der Waals surface area contributed by atoms with Crippen LogP contribution in [0, 0.1) is 12.7 Å². The molecule has 5 heteroatoms. The zero-order valence-electron chi connectivity index (χ0n) is 12.9. The summed E-state index contributed by atoms with van der Waals surface area (Å²) in [6, 6.07) is 14.0. The smallest absolute Gasteiger partial charge is 0.132 e. The van der Waals surface area contributed by atoms with Crippen LogP contribution < -0.4 is 10.2 Å². The van der Waals surface area contributed by atoms with E-state index in [2.05, 4.69) is 15.5 Å². The number of anilines is 1. The summed E-state index contributed by atoms with van der Waals surface area (Å²) in [5.74, 6) is 0.430. The van der Waals surface area contributed by atoms with Crippen molar-refractivity contribution in [2.45, 2.75) is 6.92 Å². The van der Waals surface area contributed by atoms with Crippen molar-refractivity contribution in [2.75, 3.05) is 12.5 Å². The van der Waals surface area contributed by atoms with Crippen LogP contribution in [0.25, 0.3) is 10.9 Å². The van der Waals surface area contributed by atoms with Gasteiger partial charge in [-0.3, -0.25) is 10.4 Å². The van der Waals surface area contributed by atoms with E-state index in [0.29, 0.717) is 5.56 Å². The molecule has 23 heavy (non-hydrogen) atoms. The first-order chi connectivity index (χ1) is 11.2. The molecule has 4 nitrogen and oxygen atoms in total. The number of nitrogens with one attached hydrogen (secondary N) is 1. The number of aryl methyl sites for hydroxylation is 1. The number of halogens is 1. The summed E-state index contributed by atoms with van der Waals surface area (Å²) >= 11 is 0. The third kappa shape index (κ3) is 3.29. The molecule has 3 aromatic rings. The van der Waals surface area contributed by atoms with Crippen molar-refractivity contribution < 1.29 is 9.13 Å². The number of methoxy groups -OCH3 is 1. The lowest BCUT2D eigenvalue weighted by Crippen LogP contribution is -1.96. The van der Waals surface area contributed by atoms with Crippen LogP contribution in [0.5, 0.6) is 5.75 Å². The Morgan fingerprint density at radius 2 is 2.00 bits per heavy atom.